The molecule has 0 spiro atoms. The van der Waals surface area contributed by atoms with E-state index in [4.69, 9.17) is 0 Å². The minimum atomic E-state index is -0.960. The Hall–Kier alpha value is -1.69. The highest BCUT2D eigenvalue weighted by Gasteiger charge is 2.20. The van der Waals surface area contributed by atoms with E-state index in [-0.39, 0.29) is 18.9 Å². The number of aliphatic hydroxyl groups is 3. The lowest BCUT2D eigenvalue weighted by molar-refractivity contribution is -0.124. The molecule has 0 aliphatic rings. The number of nitrogens with one attached hydrogen (secondary N) is 1. The standard InChI is InChI=1S/C44H81NO4/c1-3-5-7-9-11-13-15-17-18-19-20-21-22-23-24-25-26-27-29-31-33-35-37-41(47)39-44(49)45-42(40-46)43(48)38-36-34-32-30-28-16-14-12-10-8-6-4-2/h10,12,23-24,28,30,36,38,41-43,46-48H,3-9,11,13-22,25-27,29,31-35,37,39-40H2,1-2H3,(H,45,49)/b12-10+,24-23-,30-28+,38-36+. The van der Waals surface area contributed by atoms with Gasteiger partial charge in [0.2, 0.25) is 5.91 Å². The summed E-state index contributed by atoms with van der Waals surface area (Å²) in [6, 6.07) is -0.768. The molecule has 4 N–H and O–H groups in total. The number of allylic oxidation sites excluding steroid dienone is 7. The topological polar surface area (TPSA) is 89.8 Å². The first-order chi connectivity index (χ1) is 24.0. The molecule has 0 aliphatic carbocycles. The Morgan fingerprint density at radius 1 is 0.510 bits per heavy atom. The number of unbranched alkanes of at least 4 members (excludes halogenated alkanes) is 22. The van der Waals surface area contributed by atoms with Gasteiger partial charge in [-0.1, -0.05) is 178 Å². The zero-order valence-electron chi connectivity index (χ0n) is 32.3. The minimum Gasteiger partial charge on any atom is -0.394 e. The van der Waals surface area contributed by atoms with E-state index in [9.17, 15) is 20.1 Å². The first-order valence-electron chi connectivity index (χ1n) is 20.9. The van der Waals surface area contributed by atoms with Crippen LogP contribution in [0, 0.1) is 0 Å². The molecule has 0 aromatic heterocycles. The van der Waals surface area contributed by atoms with Crippen molar-refractivity contribution in [2.24, 2.45) is 0 Å². The van der Waals surface area contributed by atoms with Gasteiger partial charge >= 0.3 is 0 Å². The third kappa shape index (κ3) is 35.9. The van der Waals surface area contributed by atoms with Crippen molar-refractivity contribution < 1.29 is 20.1 Å². The molecule has 0 bridgehead atoms. The van der Waals surface area contributed by atoms with Gasteiger partial charge in [-0.25, -0.2) is 0 Å². The molecule has 0 rings (SSSR count). The second kappa shape index (κ2) is 39.1. The van der Waals surface area contributed by atoms with Crippen LogP contribution in [0.25, 0.3) is 0 Å². The second-order valence-electron chi connectivity index (χ2n) is 14.2. The van der Waals surface area contributed by atoms with Gasteiger partial charge in [0.05, 0.1) is 31.3 Å². The van der Waals surface area contributed by atoms with Crippen LogP contribution in [0.1, 0.15) is 200 Å². The van der Waals surface area contributed by atoms with E-state index in [1.54, 1.807) is 6.08 Å². The van der Waals surface area contributed by atoms with E-state index in [1.807, 2.05) is 6.08 Å². The van der Waals surface area contributed by atoms with E-state index in [0.717, 1.165) is 38.5 Å². The Kier molecular flexibility index (Phi) is 37.8. The first kappa shape index (κ1) is 47.3. The van der Waals surface area contributed by atoms with Gasteiger partial charge in [0.1, 0.15) is 0 Å². The van der Waals surface area contributed by atoms with Crippen LogP contribution in [0.2, 0.25) is 0 Å². The maximum atomic E-state index is 12.4. The zero-order valence-corrected chi connectivity index (χ0v) is 32.3. The average Bonchev–Trinajstić information content (AvgIpc) is 3.09. The van der Waals surface area contributed by atoms with Crippen LogP contribution in [-0.4, -0.2) is 46.1 Å². The van der Waals surface area contributed by atoms with Gasteiger partial charge in [-0.3, -0.25) is 4.79 Å². The second-order valence-corrected chi connectivity index (χ2v) is 14.2. The van der Waals surface area contributed by atoms with Crippen molar-refractivity contribution in [1.82, 2.24) is 5.32 Å². The summed E-state index contributed by atoms with van der Waals surface area (Å²) in [7, 11) is 0. The maximum absolute atomic E-state index is 12.4. The number of hydrogen-bond acceptors (Lipinski definition) is 4. The molecule has 5 heteroatoms. The maximum Gasteiger partial charge on any atom is 0.222 e. The van der Waals surface area contributed by atoms with Crippen LogP contribution < -0.4 is 5.32 Å². The Labute approximate surface area is 304 Å². The third-order valence-corrected chi connectivity index (χ3v) is 9.32. The Morgan fingerprint density at radius 2 is 0.898 bits per heavy atom. The summed E-state index contributed by atoms with van der Waals surface area (Å²) >= 11 is 0. The first-order valence-corrected chi connectivity index (χ1v) is 20.9. The fourth-order valence-corrected chi connectivity index (χ4v) is 6.06. The normalized spacial score (nSPS) is 14.1. The molecule has 0 radical (unpaired) electrons. The highest BCUT2D eigenvalue weighted by molar-refractivity contribution is 5.76. The molecule has 0 fully saturated rings. The van der Waals surface area contributed by atoms with Gasteiger partial charge in [0.25, 0.3) is 0 Å². The Bertz CT molecular complexity index is 805. The van der Waals surface area contributed by atoms with Crippen LogP contribution >= 0.6 is 0 Å². The van der Waals surface area contributed by atoms with Crippen LogP contribution in [0.5, 0.6) is 0 Å². The van der Waals surface area contributed by atoms with Crippen molar-refractivity contribution in [3.05, 3.63) is 48.6 Å². The molecule has 0 saturated carbocycles. The van der Waals surface area contributed by atoms with E-state index >= 15 is 0 Å². The van der Waals surface area contributed by atoms with Crippen LogP contribution in [0.4, 0.5) is 0 Å². The van der Waals surface area contributed by atoms with Crippen LogP contribution in [-0.2, 0) is 4.79 Å². The van der Waals surface area contributed by atoms with Gasteiger partial charge in [0, 0.05) is 0 Å². The fraction of sp³-hybridized carbons (Fsp3) is 0.795. The summed E-state index contributed by atoms with van der Waals surface area (Å²) in [6.45, 7) is 4.14. The Balaban J connectivity index is 3.69. The lowest BCUT2D eigenvalue weighted by atomic mass is 10.0. The van der Waals surface area contributed by atoms with Crippen molar-refractivity contribution in [1.29, 1.82) is 0 Å². The summed E-state index contributed by atoms with van der Waals surface area (Å²) in [4.78, 5) is 12.4. The summed E-state index contributed by atoms with van der Waals surface area (Å²) in [5.41, 5.74) is 0. The monoisotopic (exact) mass is 688 g/mol. The number of carbonyl (C=O) groups is 1. The van der Waals surface area contributed by atoms with E-state index in [1.165, 1.54) is 135 Å². The highest BCUT2D eigenvalue weighted by atomic mass is 16.3. The summed E-state index contributed by atoms with van der Waals surface area (Å²) < 4.78 is 0. The van der Waals surface area contributed by atoms with Crippen LogP contribution in [0.3, 0.4) is 0 Å². The quantitative estimate of drug-likeness (QED) is 0.0386. The average molecular weight is 688 g/mol. The van der Waals surface area contributed by atoms with Crippen molar-refractivity contribution in [3.63, 3.8) is 0 Å². The Morgan fingerprint density at radius 3 is 1.37 bits per heavy atom. The molecule has 0 aromatic rings. The summed E-state index contributed by atoms with van der Waals surface area (Å²) in [5, 5.41) is 33.1. The van der Waals surface area contributed by atoms with Gasteiger partial charge in [0.15, 0.2) is 0 Å². The minimum absolute atomic E-state index is 0.00287. The van der Waals surface area contributed by atoms with Crippen molar-refractivity contribution in [2.75, 3.05) is 6.61 Å². The molecule has 0 heterocycles. The molecule has 0 saturated heterocycles. The smallest absolute Gasteiger partial charge is 0.222 e. The van der Waals surface area contributed by atoms with Crippen molar-refractivity contribution in [3.8, 4) is 0 Å². The fourth-order valence-electron chi connectivity index (χ4n) is 6.06. The molecule has 0 aliphatic heterocycles. The highest BCUT2D eigenvalue weighted by Crippen LogP contribution is 2.14. The molecule has 3 atom stereocenters. The molecular formula is C44H81NO4. The molecule has 3 unspecified atom stereocenters. The molecular weight excluding hydrogens is 606 g/mol. The zero-order chi connectivity index (χ0) is 35.9. The van der Waals surface area contributed by atoms with Gasteiger partial charge in [-0.05, 0) is 64.2 Å². The molecule has 49 heavy (non-hydrogen) atoms. The largest absolute Gasteiger partial charge is 0.394 e. The SMILES string of the molecule is CCCC/C=C/CC/C=C/CC/C=C/C(O)C(CO)NC(=O)CC(O)CCCCCCCC/C=C\CCCCCCCCCCCCCC. The van der Waals surface area contributed by atoms with E-state index in [0.29, 0.717) is 6.42 Å². The van der Waals surface area contributed by atoms with Gasteiger partial charge in [-0.2, -0.15) is 0 Å². The lowest BCUT2D eigenvalue weighted by Crippen LogP contribution is -2.45. The third-order valence-electron chi connectivity index (χ3n) is 9.32. The molecule has 1 amide bonds. The number of carbonyl (C=O) groups excluding carboxylic acids is 1. The van der Waals surface area contributed by atoms with E-state index in [2.05, 4.69) is 55.6 Å². The predicted molar refractivity (Wildman–Crippen MR) is 213 cm³/mol. The van der Waals surface area contributed by atoms with Crippen molar-refractivity contribution >= 4 is 5.91 Å². The lowest BCUT2D eigenvalue weighted by Gasteiger charge is -2.21. The van der Waals surface area contributed by atoms with Crippen LogP contribution in [0.15, 0.2) is 48.6 Å². The predicted octanol–water partition coefficient (Wildman–Crippen LogP) is 11.8. The van der Waals surface area contributed by atoms with E-state index < -0.39 is 18.2 Å². The number of aliphatic hydroxyl groups excluding tert-OH is 3. The molecule has 0 aromatic carbocycles. The number of rotatable bonds is 37. The van der Waals surface area contributed by atoms with Gasteiger partial charge in [-0.15, -0.1) is 0 Å². The van der Waals surface area contributed by atoms with Gasteiger partial charge < -0.3 is 20.6 Å². The number of amides is 1. The summed E-state index contributed by atoms with van der Waals surface area (Å²) in [5.74, 6) is -0.336. The molecule has 286 valence electrons. The molecule has 5 nitrogen and oxygen atoms in total. The van der Waals surface area contributed by atoms with Crippen molar-refractivity contribution in [2.45, 2.75) is 218 Å². The number of hydrogen-bond donors (Lipinski definition) is 4. The summed E-state index contributed by atoms with van der Waals surface area (Å²) in [6.07, 6.45) is 49.7.